The van der Waals surface area contributed by atoms with Gasteiger partial charge in [0.25, 0.3) is 0 Å². The van der Waals surface area contributed by atoms with Gasteiger partial charge in [-0.15, -0.1) is 0 Å². The normalized spacial score (nSPS) is 15.2. The van der Waals surface area contributed by atoms with Crippen LogP contribution in [0.3, 0.4) is 0 Å². The first-order valence-electron chi connectivity index (χ1n) is 13.9. The number of anilines is 1. The molecule has 36 heavy (non-hydrogen) atoms. The molecule has 0 aliphatic heterocycles. The Kier molecular flexibility index (Phi) is 8.19. The number of nitrogens with one attached hydrogen (secondary N) is 3. The average Bonchev–Trinajstić information content (AvgIpc) is 3.31. The van der Waals surface area contributed by atoms with Crippen molar-refractivity contribution in [3.05, 3.63) is 71.5 Å². The first-order valence-corrected chi connectivity index (χ1v) is 13.9. The van der Waals surface area contributed by atoms with E-state index in [0.29, 0.717) is 6.04 Å². The fourth-order valence-corrected chi connectivity index (χ4v) is 5.71. The van der Waals surface area contributed by atoms with Crippen molar-refractivity contribution < 1.29 is 0 Å². The predicted octanol–water partition coefficient (Wildman–Crippen LogP) is 6.12. The second kappa shape index (κ2) is 11.9. The van der Waals surface area contributed by atoms with E-state index in [1.165, 1.54) is 70.9 Å². The van der Waals surface area contributed by atoms with Crippen molar-refractivity contribution >= 4 is 27.5 Å². The molecule has 0 bridgehead atoms. The van der Waals surface area contributed by atoms with E-state index in [4.69, 9.17) is 10.7 Å². The minimum absolute atomic E-state index is 0.0787. The molecule has 5 rings (SSSR count). The summed E-state index contributed by atoms with van der Waals surface area (Å²) in [6, 6.07) is 17.5. The van der Waals surface area contributed by atoms with E-state index >= 15 is 0 Å². The van der Waals surface area contributed by atoms with Gasteiger partial charge in [-0.25, -0.2) is 0 Å². The van der Waals surface area contributed by atoms with E-state index in [1.54, 1.807) is 0 Å². The molecule has 0 amide bonds. The number of rotatable bonds is 12. The highest BCUT2D eigenvalue weighted by molar-refractivity contribution is 5.93. The molecule has 1 aliphatic carbocycles. The lowest BCUT2D eigenvalue weighted by molar-refractivity contribution is 0.511. The molecule has 0 spiro atoms. The van der Waals surface area contributed by atoms with Crippen LogP contribution in [-0.2, 0) is 19.3 Å². The molecule has 5 nitrogen and oxygen atoms in total. The summed E-state index contributed by atoms with van der Waals surface area (Å²) in [7, 11) is 0. The number of hydrogen-bond donors (Lipinski definition) is 4. The third-order valence-corrected chi connectivity index (χ3v) is 7.63. The molecule has 2 unspecified atom stereocenters. The lowest BCUT2D eigenvalue weighted by Crippen LogP contribution is -2.41. The Morgan fingerprint density at radius 3 is 2.67 bits per heavy atom. The molecule has 2 atom stereocenters. The van der Waals surface area contributed by atoms with Crippen LogP contribution < -0.4 is 16.4 Å². The van der Waals surface area contributed by atoms with Crippen LogP contribution in [0.25, 0.3) is 21.8 Å². The molecule has 2 aromatic carbocycles. The van der Waals surface area contributed by atoms with Crippen molar-refractivity contribution in [2.45, 2.75) is 76.8 Å². The van der Waals surface area contributed by atoms with Gasteiger partial charge in [-0.05, 0) is 61.8 Å². The van der Waals surface area contributed by atoms with Crippen molar-refractivity contribution in [3.8, 4) is 0 Å². The van der Waals surface area contributed by atoms with Gasteiger partial charge in [-0.1, -0.05) is 62.6 Å². The molecule has 1 aliphatic rings. The van der Waals surface area contributed by atoms with Gasteiger partial charge in [0.05, 0.1) is 5.52 Å². The van der Waals surface area contributed by atoms with Crippen LogP contribution in [0.1, 0.15) is 62.3 Å². The number of hydrogen-bond acceptors (Lipinski definition) is 4. The molecule has 190 valence electrons. The zero-order chi connectivity index (χ0) is 24.7. The zero-order valence-corrected chi connectivity index (χ0v) is 21.7. The summed E-state index contributed by atoms with van der Waals surface area (Å²) in [5.41, 5.74) is 14.2. The largest absolute Gasteiger partial charge is 0.380 e. The second-order valence-corrected chi connectivity index (χ2v) is 10.5. The number of H-pyrrole nitrogens is 1. The average molecular weight is 484 g/mol. The van der Waals surface area contributed by atoms with E-state index in [9.17, 15) is 0 Å². The standard InChI is InChI=1S/C31H41N5/c1-2-3-4-11-24(21-33-20-23(32)18-22-19-34-28-15-8-5-12-25(22)28)35-31-26-13-6-9-16-29(26)36-30-17-10-7-14-27(30)31/h5-6,8-9,12-13,15-16,19,23-24,33-34H,2-4,7,10-11,14,17-18,20-21,32H2,1H3,(H,35,36). The van der Waals surface area contributed by atoms with Crippen LogP contribution in [0, 0.1) is 0 Å². The molecular formula is C31H41N5. The molecule has 5 heteroatoms. The number of aryl methyl sites for hydroxylation is 1. The molecule has 2 heterocycles. The minimum Gasteiger partial charge on any atom is -0.380 e. The van der Waals surface area contributed by atoms with Gasteiger partial charge in [-0.2, -0.15) is 0 Å². The lowest BCUT2D eigenvalue weighted by Gasteiger charge is -2.27. The number of aromatic nitrogens is 2. The van der Waals surface area contributed by atoms with Crippen LogP contribution >= 0.6 is 0 Å². The van der Waals surface area contributed by atoms with Crippen molar-refractivity contribution in [3.63, 3.8) is 0 Å². The Bertz CT molecular complexity index is 1280. The van der Waals surface area contributed by atoms with Gasteiger partial charge in [0.2, 0.25) is 0 Å². The third kappa shape index (κ3) is 5.74. The molecule has 4 aromatic rings. The van der Waals surface area contributed by atoms with E-state index in [-0.39, 0.29) is 6.04 Å². The van der Waals surface area contributed by atoms with Crippen LogP contribution in [0.4, 0.5) is 5.69 Å². The summed E-state index contributed by atoms with van der Waals surface area (Å²) in [4.78, 5) is 8.40. The van der Waals surface area contributed by atoms with Gasteiger partial charge in [-0.3, -0.25) is 4.98 Å². The SMILES string of the molecule is CCCCCC(CNCC(N)Cc1c[nH]c2ccccc12)Nc1c2c(nc3ccccc13)CCCC2. The third-order valence-electron chi connectivity index (χ3n) is 7.63. The zero-order valence-electron chi connectivity index (χ0n) is 21.7. The number of nitrogens with zero attached hydrogens (tertiary/aromatic N) is 1. The number of para-hydroxylation sites is 2. The maximum atomic E-state index is 6.58. The number of nitrogens with two attached hydrogens (primary N) is 1. The van der Waals surface area contributed by atoms with Crippen LogP contribution in [0.5, 0.6) is 0 Å². The first-order chi connectivity index (χ1) is 17.7. The Balaban J connectivity index is 1.27. The fraction of sp³-hybridized carbons (Fsp3) is 0.452. The Morgan fingerprint density at radius 2 is 1.78 bits per heavy atom. The van der Waals surface area contributed by atoms with Crippen molar-refractivity contribution in [1.82, 2.24) is 15.3 Å². The Labute approximate surface area is 215 Å². The molecule has 0 saturated carbocycles. The van der Waals surface area contributed by atoms with E-state index in [2.05, 4.69) is 77.3 Å². The summed E-state index contributed by atoms with van der Waals surface area (Å²) in [5.74, 6) is 0. The second-order valence-electron chi connectivity index (χ2n) is 10.5. The molecule has 5 N–H and O–H groups in total. The Morgan fingerprint density at radius 1 is 0.972 bits per heavy atom. The Hall–Kier alpha value is -2.89. The molecule has 2 aromatic heterocycles. The van der Waals surface area contributed by atoms with Gasteiger partial charge < -0.3 is 21.4 Å². The highest BCUT2D eigenvalue weighted by Crippen LogP contribution is 2.34. The van der Waals surface area contributed by atoms with Crippen molar-refractivity contribution in [1.29, 1.82) is 0 Å². The summed E-state index contributed by atoms with van der Waals surface area (Å²) in [5, 5.41) is 10.2. The first kappa shape index (κ1) is 24.8. The number of aromatic amines is 1. The number of unbranched alkanes of at least 4 members (excludes halogenated alkanes) is 2. The fourth-order valence-electron chi connectivity index (χ4n) is 5.71. The number of fused-ring (bicyclic) bond motifs is 3. The summed E-state index contributed by atoms with van der Waals surface area (Å²) >= 11 is 0. The minimum atomic E-state index is 0.0787. The van der Waals surface area contributed by atoms with E-state index in [1.807, 2.05) is 0 Å². The van der Waals surface area contributed by atoms with Crippen LogP contribution in [0.15, 0.2) is 54.7 Å². The van der Waals surface area contributed by atoms with E-state index in [0.717, 1.165) is 44.3 Å². The smallest absolute Gasteiger partial charge is 0.0726 e. The quantitative estimate of drug-likeness (QED) is 0.183. The summed E-state index contributed by atoms with van der Waals surface area (Å²) in [6.07, 6.45) is 12.6. The molecule has 0 radical (unpaired) electrons. The summed E-state index contributed by atoms with van der Waals surface area (Å²) in [6.45, 7) is 3.99. The van der Waals surface area contributed by atoms with Crippen LogP contribution in [-0.4, -0.2) is 35.1 Å². The lowest BCUT2D eigenvalue weighted by atomic mass is 9.92. The van der Waals surface area contributed by atoms with Crippen molar-refractivity contribution in [2.75, 3.05) is 18.4 Å². The van der Waals surface area contributed by atoms with Crippen LogP contribution in [0.2, 0.25) is 0 Å². The van der Waals surface area contributed by atoms with Gasteiger partial charge in [0.15, 0.2) is 0 Å². The van der Waals surface area contributed by atoms with Crippen molar-refractivity contribution in [2.24, 2.45) is 5.73 Å². The summed E-state index contributed by atoms with van der Waals surface area (Å²) < 4.78 is 0. The predicted molar refractivity (Wildman–Crippen MR) is 153 cm³/mol. The highest BCUT2D eigenvalue weighted by Gasteiger charge is 2.20. The molecule has 0 fully saturated rings. The van der Waals surface area contributed by atoms with Gasteiger partial charge in [0, 0.05) is 59.0 Å². The number of benzene rings is 2. The van der Waals surface area contributed by atoms with Gasteiger partial charge in [0.1, 0.15) is 0 Å². The maximum absolute atomic E-state index is 6.58. The maximum Gasteiger partial charge on any atom is 0.0726 e. The topological polar surface area (TPSA) is 78.8 Å². The number of pyridine rings is 1. The van der Waals surface area contributed by atoms with E-state index < -0.39 is 0 Å². The molecular weight excluding hydrogens is 442 g/mol. The molecule has 0 saturated heterocycles. The van der Waals surface area contributed by atoms with Gasteiger partial charge >= 0.3 is 0 Å². The highest BCUT2D eigenvalue weighted by atomic mass is 15.0. The monoisotopic (exact) mass is 483 g/mol.